The molecule has 0 aliphatic heterocycles. The molecule has 114 valence electrons. The predicted molar refractivity (Wildman–Crippen MR) is 87.1 cm³/mol. The molecule has 1 N–H and O–H groups in total. The number of carboxylic acids is 1. The molecule has 21 heavy (non-hydrogen) atoms. The summed E-state index contributed by atoms with van der Waals surface area (Å²) in [5, 5.41) is 10.1. The number of allylic oxidation sites excluding steroid dienone is 2. The molecule has 0 saturated carbocycles. The third-order valence-corrected chi connectivity index (χ3v) is 4.69. The Balaban J connectivity index is 2.25. The summed E-state index contributed by atoms with van der Waals surface area (Å²) in [6.07, 6.45) is 3.11. The fourth-order valence-corrected chi connectivity index (χ4v) is 3.75. The van der Waals surface area contributed by atoms with Gasteiger partial charge < -0.3 is 9.53 Å². The van der Waals surface area contributed by atoms with Crippen LogP contribution in [0.2, 0.25) is 24.7 Å². The Morgan fingerprint density at radius 3 is 2.43 bits per heavy atom. The molecule has 3 nitrogen and oxygen atoms in total. The van der Waals surface area contributed by atoms with Crippen molar-refractivity contribution < 1.29 is 14.3 Å². The van der Waals surface area contributed by atoms with Gasteiger partial charge in [0.05, 0.1) is 11.7 Å². The molecule has 0 bridgehead atoms. The van der Waals surface area contributed by atoms with Crippen LogP contribution in [0.5, 0.6) is 0 Å². The quantitative estimate of drug-likeness (QED) is 0.820. The maximum absolute atomic E-state index is 11.5. The molecule has 0 unspecified atom stereocenters. The minimum atomic E-state index is -1.67. The summed E-state index contributed by atoms with van der Waals surface area (Å²) in [5.41, 5.74) is 1.01. The lowest BCUT2D eigenvalue weighted by atomic mass is 9.78. The first-order chi connectivity index (χ1) is 9.76. The average molecular weight is 325 g/mol. The molecule has 1 aliphatic carbocycles. The van der Waals surface area contributed by atoms with Crippen LogP contribution < -0.4 is 0 Å². The standard InChI is InChI=1S/C16H21ClO3Si/c1-21(2,3)20-13-8-9-14(16(18)19)15(10-13)11-4-6-12(17)7-5-11/h4-8,14-15H,9-10H2,1-3H3,(H,18,19)/t14-,15+/m0/s1. The van der Waals surface area contributed by atoms with Gasteiger partial charge in [-0.3, -0.25) is 4.79 Å². The van der Waals surface area contributed by atoms with E-state index in [1.54, 1.807) is 0 Å². The van der Waals surface area contributed by atoms with Crippen LogP contribution in [0.4, 0.5) is 0 Å². The predicted octanol–water partition coefficient (Wildman–Crippen LogP) is 4.65. The number of carbonyl (C=O) groups is 1. The molecular weight excluding hydrogens is 304 g/mol. The summed E-state index contributed by atoms with van der Waals surface area (Å²) in [4.78, 5) is 11.5. The molecule has 2 atom stereocenters. The second kappa shape index (κ2) is 6.24. The molecule has 0 heterocycles. The lowest BCUT2D eigenvalue weighted by Crippen LogP contribution is -2.30. The number of aliphatic carboxylic acids is 1. The molecule has 0 spiro atoms. The number of carboxylic acid groups (broad SMARTS) is 1. The normalized spacial score (nSPS) is 22.6. The summed E-state index contributed by atoms with van der Waals surface area (Å²) in [7, 11) is -1.67. The van der Waals surface area contributed by atoms with E-state index in [-0.39, 0.29) is 5.92 Å². The van der Waals surface area contributed by atoms with Crippen molar-refractivity contribution in [3.63, 3.8) is 0 Å². The van der Waals surface area contributed by atoms with Crippen LogP contribution in [0, 0.1) is 5.92 Å². The summed E-state index contributed by atoms with van der Waals surface area (Å²) in [6, 6.07) is 7.46. The van der Waals surface area contributed by atoms with Gasteiger partial charge in [0, 0.05) is 17.4 Å². The maximum atomic E-state index is 11.5. The number of hydrogen-bond donors (Lipinski definition) is 1. The van der Waals surface area contributed by atoms with Gasteiger partial charge in [-0.15, -0.1) is 0 Å². The third-order valence-electron chi connectivity index (χ3n) is 3.56. The highest BCUT2D eigenvalue weighted by atomic mass is 35.5. The molecule has 1 aromatic carbocycles. The summed E-state index contributed by atoms with van der Waals surface area (Å²) in [5.74, 6) is -0.277. The Kier molecular flexibility index (Phi) is 4.79. The minimum absolute atomic E-state index is 0.0592. The van der Waals surface area contributed by atoms with E-state index in [9.17, 15) is 9.90 Å². The van der Waals surface area contributed by atoms with E-state index in [1.165, 1.54) is 0 Å². The second-order valence-electron chi connectivity index (χ2n) is 6.43. The van der Waals surface area contributed by atoms with Gasteiger partial charge in [0.2, 0.25) is 8.32 Å². The molecule has 1 aliphatic rings. The van der Waals surface area contributed by atoms with Gasteiger partial charge in [0.25, 0.3) is 0 Å². The Bertz CT molecular complexity index is 546. The minimum Gasteiger partial charge on any atom is -0.548 e. The topological polar surface area (TPSA) is 46.5 Å². The van der Waals surface area contributed by atoms with E-state index in [0.29, 0.717) is 17.9 Å². The summed E-state index contributed by atoms with van der Waals surface area (Å²) < 4.78 is 6.06. The van der Waals surface area contributed by atoms with Crippen LogP contribution in [0.3, 0.4) is 0 Å². The first kappa shape index (κ1) is 16.1. The van der Waals surface area contributed by atoms with Crippen molar-refractivity contribution in [2.45, 2.75) is 38.4 Å². The Hall–Kier alpha value is -1.26. The number of rotatable bonds is 4. The van der Waals surface area contributed by atoms with Crippen molar-refractivity contribution in [3.8, 4) is 0 Å². The Morgan fingerprint density at radius 1 is 1.29 bits per heavy atom. The van der Waals surface area contributed by atoms with Crippen LogP contribution in [-0.2, 0) is 9.22 Å². The third kappa shape index (κ3) is 4.35. The van der Waals surface area contributed by atoms with Crippen molar-refractivity contribution in [1.82, 2.24) is 0 Å². The maximum Gasteiger partial charge on any atom is 0.307 e. The van der Waals surface area contributed by atoms with Gasteiger partial charge in [-0.05, 0) is 49.8 Å². The zero-order chi connectivity index (χ0) is 15.6. The lowest BCUT2D eigenvalue weighted by molar-refractivity contribution is -0.142. The fourth-order valence-electron chi connectivity index (χ4n) is 2.67. The number of benzene rings is 1. The number of hydrogen-bond acceptors (Lipinski definition) is 2. The van der Waals surface area contributed by atoms with E-state index in [0.717, 1.165) is 11.3 Å². The highest BCUT2D eigenvalue weighted by molar-refractivity contribution is 6.70. The van der Waals surface area contributed by atoms with Crippen LogP contribution in [0.25, 0.3) is 0 Å². The van der Waals surface area contributed by atoms with Crippen molar-refractivity contribution >= 4 is 25.9 Å². The van der Waals surface area contributed by atoms with Crippen molar-refractivity contribution in [2.24, 2.45) is 5.92 Å². The summed E-state index contributed by atoms with van der Waals surface area (Å²) >= 11 is 5.92. The second-order valence-corrected chi connectivity index (χ2v) is 11.3. The first-order valence-corrected chi connectivity index (χ1v) is 10.9. The van der Waals surface area contributed by atoms with Crippen LogP contribution >= 0.6 is 11.6 Å². The van der Waals surface area contributed by atoms with Crippen molar-refractivity contribution in [2.75, 3.05) is 0 Å². The zero-order valence-corrected chi connectivity index (χ0v) is 14.4. The Labute approximate surface area is 131 Å². The SMILES string of the molecule is C[Si](C)(C)OC1=CC[C@H](C(=O)O)[C@@H](c2ccc(Cl)cc2)C1. The van der Waals surface area contributed by atoms with E-state index in [4.69, 9.17) is 16.0 Å². The zero-order valence-electron chi connectivity index (χ0n) is 12.6. The van der Waals surface area contributed by atoms with Gasteiger partial charge in [-0.25, -0.2) is 0 Å². The molecule has 0 radical (unpaired) electrons. The highest BCUT2D eigenvalue weighted by Crippen LogP contribution is 2.39. The van der Waals surface area contributed by atoms with Gasteiger partial charge in [-0.1, -0.05) is 23.7 Å². The molecular formula is C16H21ClO3Si. The van der Waals surface area contributed by atoms with E-state index in [2.05, 4.69) is 19.6 Å². The summed E-state index contributed by atoms with van der Waals surface area (Å²) in [6.45, 7) is 6.40. The molecule has 0 aromatic heterocycles. The van der Waals surface area contributed by atoms with Crippen LogP contribution in [-0.4, -0.2) is 19.4 Å². The average Bonchev–Trinajstić information content (AvgIpc) is 2.37. The van der Waals surface area contributed by atoms with E-state index in [1.807, 2.05) is 30.3 Å². The molecule has 5 heteroatoms. The van der Waals surface area contributed by atoms with Crippen LogP contribution in [0.15, 0.2) is 36.1 Å². The van der Waals surface area contributed by atoms with Gasteiger partial charge >= 0.3 is 5.97 Å². The van der Waals surface area contributed by atoms with E-state index < -0.39 is 20.2 Å². The number of halogens is 1. The van der Waals surface area contributed by atoms with Crippen molar-refractivity contribution in [3.05, 3.63) is 46.7 Å². The molecule has 2 rings (SSSR count). The molecule has 1 aromatic rings. The first-order valence-electron chi connectivity index (χ1n) is 7.12. The monoisotopic (exact) mass is 324 g/mol. The largest absolute Gasteiger partial charge is 0.548 e. The van der Waals surface area contributed by atoms with Gasteiger partial charge in [0.1, 0.15) is 0 Å². The van der Waals surface area contributed by atoms with Crippen LogP contribution in [0.1, 0.15) is 24.3 Å². The van der Waals surface area contributed by atoms with E-state index >= 15 is 0 Å². The Morgan fingerprint density at radius 2 is 1.90 bits per heavy atom. The lowest BCUT2D eigenvalue weighted by Gasteiger charge is -2.32. The fraction of sp³-hybridized carbons (Fsp3) is 0.438. The highest BCUT2D eigenvalue weighted by Gasteiger charge is 2.34. The molecule has 0 amide bonds. The molecule has 0 saturated heterocycles. The molecule has 0 fully saturated rings. The van der Waals surface area contributed by atoms with Gasteiger partial charge in [0.15, 0.2) is 0 Å². The smallest absolute Gasteiger partial charge is 0.307 e. The van der Waals surface area contributed by atoms with Crippen molar-refractivity contribution in [1.29, 1.82) is 0 Å². The van der Waals surface area contributed by atoms with Gasteiger partial charge in [-0.2, -0.15) is 0 Å².